The molecule has 2 aliphatic rings. The number of rotatable bonds is 4. The minimum atomic E-state index is 0.753. The first kappa shape index (κ1) is 14.2. The van der Waals surface area contributed by atoms with Crippen molar-refractivity contribution in [3.8, 4) is 5.69 Å². The number of benzene rings is 1. The van der Waals surface area contributed by atoms with Crippen LogP contribution in [0.4, 0.5) is 0 Å². The summed E-state index contributed by atoms with van der Waals surface area (Å²) in [6.45, 7) is 4.77. The highest BCUT2D eigenvalue weighted by Crippen LogP contribution is 2.28. The monoisotopic (exact) mass is 322 g/mol. The molecule has 3 aromatic rings. The van der Waals surface area contributed by atoms with Gasteiger partial charge in [0.15, 0.2) is 0 Å². The van der Waals surface area contributed by atoms with Gasteiger partial charge in [-0.15, -0.1) is 10.2 Å². The van der Waals surface area contributed by atoms with Gasteiger partial charge in [-0.1, -0.05) is 0 Å². The second-order valence-corrected chi connectivity index (χ2v) is 6.97. The summed E-state index contributed by atoms with van der Waals surface area (Å²) >= 11 is 0. The number of fused-ring (bicyclic) bond motifs is 2. The second-order valence-electron chi connectivity index (χ2n) is 6.97. The Kier molecular flexibility index (Phi) is 3.38. The maximum absolute atomic E-state index is 3.90. The predicted molar refractivity (Wildman–Crippen MR) is 93.3 cm³/mol. The number of nitrogens with one attached hydrogen (secondary N) is 2. The van der Waals surface area contributed by atoms with E-state index in [1.807, 2.05) is 4.57 Å². The molecule has 6 nitrogen and oxygen atoms in total. The van der Waals surface area contributed by atoms with Crippen molar-refractivity contribution in [2.75, 3.05) is 26.2 Å². The van der Waals surface area contributed by atoms with Crippen molar-refractivity contribution in [1.29, 1.82) is 0 Å². The Labute approximate surface area is 140 Å². The summed E-state index contributed by atoms with van der Waals surface area (Å²) in [4.78, 5) is 6.08. The van der Waals surface area contributed by atoms with E-state index < -0.39 is 0 Å². The first-order valence-corrected chi connectivity index (χ1v) is 8.78. The van der Waals surface area contributed by atoms with Crippen molar-refractivity contribution in [2.24, 2.45) is 5.92 Å². The van der Waals surface area contributed by atoms with Gasteiger partial charge in [0.1, 0.15) is 12.7 Å². The average molecular weight is 322 g/mol. The lowest BCUT2D eigenvalue weighted by Crippen LogP contribution is -2.35. The number of aromatic amines is 1. The van der Waals surface area contributed by atoms with Crippen LogP contribution in [0.3, 0.4) is 0 Å². The van der Waals surface area contributed by atoms with E-state index in [4.69, 9.17) is 0 Å². The third-order valence-electron chi connectivity index (χ3n) is 5.70. The summed E-state index contributed by atoms with van der Waals surface area (Å²) in [6.07, 6.45) is 8.09. The van der Waals surface area contributed by atoms with Crippen LogP contribution in [0, 0.1) is 5.92 Å². The number of hydrogen-bond donors (Lipinski definition) is 2. The fourth-order valence-electron chi connectivity index (χ4n) is 4.35. The Morgan fingerprint density at radius 2 is 2.08 bits per heavy atom. The van der Waals surface area contributed by atoms with E-state index in [0.29, 0.717) is 0 Å². The van der Waals surface area contributed by atoms with E-state index >= 15 is 0 Å². The van der Waals surface area contributed by atoms with Crippen molar-refractivity contribution in [3.63, 3.8) is 0 Å². The van der Waals surface area contributed by atoms with Gasteiger partial charge in [-0.3, -0.25) is 9.47 Å². The van der Waals surface area contributed by atoms with E-state index in [1.54, 1.807) is 12.7 Å². The zero-order chi connectivity index (χ0) is 15.9. The smallest absolute Gasteiger partial charge is 0.123 e. The lowest BCUT2D eigenvalue weighted by molar-refractivity contribution is 0.256. The molecule has 2 unspecified atom stereocenters. The van der Waals surface area contributed by atoms with Crippen LogP contribution in [0.15, 0.2) is 37.1 Å². The largest absolute Gasteiger partial charge is 0.361 e. The maximum Gasteiger partial charge on any atom is 0.123 e. The van der Waals surface area contributed by atoms with Crippen molar-refractivity contribution >= 4 is 10.9 Å². The molecule has 2 fully saturated rings. The molecule has 124 valence electrons. The van der Waals surface area contributed by atoms with Crippen LogP contribution in [0.5, 0.6) is 0 Å². The normalized spacial score (nSPS) is 24.0. The molecule has 0 aliphatic carbocycles. The molecule has 1 aromatic carbocycles. The SMILES string of the molecule is c1cc2[nH]cc(CCN3CCC4CNCC43)c2cc1-n1cnnc1. The minimum Gasteiger partial charge on any atom is -0.361 e. The topological polar surface area (TPSA) is 61.8 Å². The Bertz CT molecular complexity index is 836. The highest BCUT2D eigenvalue weighted by molar-refractivity contribution is 5.85. The third kappa shape index (κ3) is 2.34. The maximum atomic E-state index is 3.90. The third-order valence-corrected chi connectivity index (χ3v) is 5.70. The fourth-order valence-corrected chi connectivity index (χ4v) is 4.35. The van der Waals surface area contributed by atoms with Crippen molar-refractivity contribution < 1.29 is 0 Å². The summed E-state index contributed by atoms with van der Waals surface area (Å²) in [5.41, 5.74) is 3.70. The standard InChI is InChI=1S/C18H22N6/c1-2-17-16(7-15(1)24-11-21-22-12-24)13(9-20-17)3-5-23-6-4-14-8-19-10-18(14)23/h1-2,7,9,11-12,14,18-20H,3-6,8,10H2. The molecule has 24 heavy (non-hydrogen) atoms. The first-order chi connectivity index (χ1) is 11.9. The van der Waals surface area contributed by atoms with Crippen LogP contribution >= 0.6 is 0 Å². The molecule has 2 atom stereocenters. The molecule has 2 N–H and O–H groups in total. The predicted octanol–water partition coefficient (Wildman–Crippen LogP) is 1.58. The average Bonchev–Trinajstić information content (AvgIpc) is 3.36. The van der Waals surface area contributed by atoms with Crippen LogP contribution in [-0.4, -0.2) is 56.9 Å². The number of aromatic nitrogens is 4. The lowest BCUT2D eigenvalue weighted by Gasteiger charge is -2.22. The number of hydrogen-bond acceptors (Lipinski definition) is 4. The van der Waals surface area contributed by atoms with Crippen LogP contribution in [-0.2, 0) is 6.42 Å². The molecule has 6 heteroatoms. The number of nitrogens with zero attached hydrogens (tertiary/aromatic N) is 4. The molecule has 4 heterocycles. The van der Waals surface area contributed by atoms with E-state index in [2.05, 4.69) is 49.8 Å². The summed E-state index contributed by atoms with van der Waals surface area (Å²) in [7, 11) is 0. The Balaban J connectivity index is 1.37. The summed E-state index contributed by atoms with van der Waals surface area (Å²) in [5.74, 6) is 0.869. The Morgan fingerprint density at radius 1 is 1.17 bits per heavy atom. The molecule has 2 saturated heterocycles. The van der Waals surface area contributed by atoms with Gasteiger partial charge < -0.3 is 10.3 Å². The molecule has 0 bridgehead atoms. The highest BCUT2D eigenvalue weighted by Gasteiger charge is 2.36. The van der Waals surface area contributed by atoms with Gasteiger partial charge in [-0.25, -0.2) is 0 Å². The van der Waals surface area contributed by atoms with Gasteiger partial charge >= 0.3 is 0 Å². The summed E-state index contributed by atoms with van der Waals surface area (Å²) < 4.78 is 1.95. The fraction of sp³-hybridized carbons (Fsp3) is 0.444. The highest BCUT2D eigenvalue weighted by atomic mass is 15.2. The van der Waals surface area contributed by atoms with Crippen LogP contribution in [0.1, 0.15) is 12.0 Å². The summed E-state index contributed by atoms with van der Waals surface area (Å²) in [5, 5.41) is 12.6. The van der Waals surface area contributed by atoms with Crippen molar-refractivity contribution in [3.05, 3.63) is 42.6 Å². The summed E-state index contributed by atoms with van der Waals surface area (Å²) in [6, 6.07) is 7.22. The number of H-pyrrole nitrogens is 1. The first-order valence-electron chi connectivity index (χ1n) is 8.78. The molecule has 0 radical (unpaired) electrons. The van der Waals surface area contributed by atoms with Crippen LogP contribution in [0.2, 0.25) is 0 Å². The van der Waals surface area contributed by atoms with Gasteiger partial charge in [0, 0.05) is 41.9 Å². The molecule has 2 aliphatic heterocycles. The molecule has 2 aromatic heterocycles. The van der Waals surface area contributed by atoms with Gasteiger partial charge in [-0.05, 0) is 55.6 Å². The van der Waals surface area contributed by atoms with Gasteiger partial charge in [-0.2, -0.15) is 0 Å². The van der Waals surface area contributed by atoms with Crippen molar-refractivity contribution in [2.45, 2.75) is 18.9 Å². The lowest BCUT2D eigenvalue weighted by atomic mass is 10.0. The van der Waals surface area contributed by atoms with E-state index in [0.717, 1.165) is 37.2 Å². The van der Waals surface area contributed by atoms with Gasteiger partial charge in [0.05, 0.1) is 0 Å². The van der Waals surface area contributed by atoms with Gasteiger partial charge in [0.2, 0.25) is 0 Å². The van der Waals surface area contributed by atoms with Crippen molar-refractivity contribution in [1.82, 2.24) is 30.0 Å². The Morgan fingerprint density at radius 3 is 3.00 bits per heavy atom. The molecule has 0 amide bonds. The Hall–Kier alpha value is -2.18. The van der Waals surface area contributed by atoms with Crippen LogP contribution in [0.25, 0.3) is 16.6 Å². The molecule has 5 rings (SSSR count). The van der Waals surface area contributed by atoms with E-state index in [9.17, 15) is 0 Å². The number of likely N-dealkylation sites (tertiary alicyclic amines) is 1. The van der Waals surface area contributed by atoms with E-state index in [1.165, 1.54) is 36.0 Å². The zero-order valence-corrected chi connectivity index (χ0v) is 13.7. The minimum absolute atomic E-state index is 0.753. The molecular weight excluding hydrogens is 300 g/mol. The molecule has 0 saturated carbocycles. The van der Waals surface area contributed by atoms with Crippen LogP contribution < -0.4 is 5.32 Å². The quantitative estimate of drug-likeness (QED) is 0.766. The molecular formula is C18H22N6. The van der Waals surface area contributed by atoms with Gasteiger partial charge in [0.25, 0.3) is 0 Å². The second kappa shape index (κ2) is 5.72. The zero-order valence-electron chi connectivity index (χ0n) is 13.7. The molecule has 0 spiro atoms. The van der Waals surface area contributed by atoms with E-state index in [-0.39, 0.29) is 0 Å².